The van der Waals surface area contributed by atoms with E-state index >= 15 is 0 Å². The molecule has 0 aliphatic carbocycles. The number of aliphatic carboxylic acids is 1. The molecule has 0 rings (SSSR count). The number of nitrogens with two attached hydrogens (primary N) is 1. The van der Waals surface area contributed by atoms with Crippen molar-refractivity contribution in [1.82, 2.24) is 0 Å². The Balaban J connectivity index is 0. The van der Waals surface area contributed by atoms with Crippen molar-refractivity contribution in [2.24, 2.45) is 5.73 Å². The van der Waals surface area contributed by atoms with Crippen LogP contribution in [0.1, 0.15) is 13.3 Å². The first-order valence-electron chi connectivity index (χ1n) is 3.29. The molecule has 12 heavy (non-hydrogen) atoms. The molecule has 0 bridgehead atoms. The summed E-state index contributed by atoms with van der Waals surface area (Å²) in [6, 6.07) is 0. The van der Waals surface area contributed by atoms with E-state index in [0.717, 1.165) is 0 Å². The second-order valence-corrected chi connectivity index (χ2v) is 1.64. The highest BCUT2D eigenvalue weighted by Crippen LogP contribution is 1.74. The van der Waals surface area contributed by atoms with E-state index in [1.54, 1.807) is 6.92 Å². The minimum Gasteiger partial charge on any atom is -0.481 e. The molecule has 0 aromatic rings. The van der Waals surface area contributed by atoms with Gasteiger partial charge in [-0.25, -0.2) is 4.79 Å². The Morgan fingerprint density at radius 2 is 2.17 bits per heavy atom. The summed E-state index contributed by atoms with van der Waals surface area (Å²) >= 11 is 0. The number of rotatable bonds is 3. The maximum atomic E-state index is 9.60. The van der Waals surface area contributed by atoms with Crippen LogP contribution >= 0.6 is 0 Å². The summed E-state index contributed by atoms with van der Waals surface area (Å²) in [6.07, 6.45) is 0.694. The van der Waals surface area contributed by atoms with Crippen molar-refractivity contribution in [2.45, 2.75) is 13.3 Å². The Hall–Kier alpha value is -1.52. The molecular formula is C7H13NO4. The van der Waals surface area contributed by atoms with Crippen LogP contribution < -0.4 is 5.73 Å². The molecule has 0 atom stereocenters. The first-order valence-corrected chi connectivity index (χ1v) is 3.29. The number of amides is 1. The highest BCUT2D eigenvalue weighted by molar-refractivity contribution is 5.68. The molecule has 0 fully saturated rings. The van der Waals surface area contributed by atoms with Crippen LogP contribution in [0.25, 0.3) is 0 Å². The van der Waals surface area contributed by atoms with Gasteiger partial charge in [-0.05, 0) is 6.92 Å². The molecule has 1 amide bonds. The lowest BCUT2D eigenvalue weighted by Gasteiger charge is -1.89. The van der Waals surface area contributed by atoms with E-state index in [1.165, 1.54) is 6.08 Å². The molecule has 0 aromatic carbocycles. The predicted molar refractivity (Wildman–Crippen MR) is 43.7 cm³/mol. The van der Waals surface area contributed by atoms with Crippen molar-refractivity contribution in [3.05, 3.63) is 12.7 Å². The van der Waals surface area contributed by atoms with Gasteiger partial charge in [0.15, 0.2) is 0 Å². The van der Waals surface area contributed by atoms with Crippen LogP contribution in [-0.4, -0.2) is 23.8 Å². The molecule has 0 heterocycles. The molecule has 0 aliphatic rings. The molecule has 0 saturated heterocycles. The molecule has 0 aromatic heterocycles. The lowest BCUT2D eigenvalue weighted by atomic mass is 10.4. The average Bonchev–Trinajstić information content (AvgIpc) is 1.87. The molecule has 5 heteroatoms. The van der Waals surface area contributed by atoms with Crippen molar-refractivity contribution in [3.8, 4) is 0 Å². The smallest absolute Gasteiger partial charge is 0.404 e. The van der Waals surface area contributed by atoms with Gasteiger partial charge >= 0.3 is 12.1 Å². The van der Waals surface area contributed by atoms with E-state index in [2.05, 4.69) is 17.0 Å². The maximum absolute atomic E-state index is 9.60. The summed E-state index contributed by atoms with van der Waals surface area (Å²) in [5.74, 6) is -0.829. The standard InChI is InChI=1S/C4H6O2.C3H7NO2/c1-2-3-4(5)6;1-2-6-3(4)5/h2H,1,3H2,(H,5,6);2H2,1H3,(H2,4,5). The normalized spacial score (nSPS) is 7.42. The van der Waals surface area contributed by atoms with Crippen molar-refractivity contribution in [3.63, 3.8) is 0 Å². The van der Waals surface area contributed by atoms with Crippen LogP contribution in [0, 0.1) is 0 Å². The fraction of sp³-hybridized carbons (Fsp3) is 0.429. The maximum Gasteiger partial charge on any atom is 0.404 e. The number of hydrogen-bond acceptors (Lipinski definition) is 3. The second kappa shape index (κ2) is 9.48. The number of carbonyl (C=O) groups excluding carboxylic acids is 1. The summed E-state index contributed by atoms with van der Waals surface area (Å²) in [6.45, 7) is 5.28. The van der Waals surface area contributed by atoms with E-state index in [4.69, 9.17) is 5.11 Å². The van der Waals surface area contributed by atoms with Crippen molar-refractivity contribution < 1.29 is 19.4 Å². The molecule has 0 unspecified atom stereocenters. The molecular weight excluding hydrogens is 162 g/mol. The largest absolute Gasteiger partial charge is 0.481 e. The SMILES string of the molecule is C=CCC(=O)O.CCOC(N)=O. The zero-order chi connectivity index (χ0) is 9.98. The van der Waals surface area contributed by atoms with Crippen LogP contribution in [0.15, 0.2) is 12.7 Å². The van der Waals surface area contributed by atoms with Crippen molar-refractivity contribution in [1.29, 1.82) is 0 Å². The molecule has 0 radical (unpaired) electrons. The molecule has 0 spiro atoms. The van der Waals surface area contributed by atoms with Crippen LogP contribution in [0.4, 0.5) is 4.79 Å². The summed E-state index contributed by atoms with van der Waals surface area (Å²) in [5.41, 5.74) is 4.54. The first kappa shape index (κ1) is 13.1. The van der Waals surface area contributed by atoms with Crippen LogP contribution in [-0.2, 0) is 9.53 Å². The first-order chi connectivity index (χ1) is 5.54. The van der Waals surface area contributed by atoms with Gasteiger partial charge in [-0.3, -0.25) is 4.79 Å². The number of hydrogen-bond donors (Lipinski definition) is 2. The van der Waals surface area contributed by atoms with Crippen molar-refractivity contribution >= 4 is 12.1 Å². The van der Waals surface area contributed by atoms with Crippen LogP contribution in [0.3, 0.4) is 0 Å². The Morgan fingerprint density at radius 1 is 1.67 bits per heavy atom. The molecule has 70 valence electrons. The summed E-state index contributed by atoms with van der Waals surface area (Å²) in [7, 11) is 0. The Bertz CT molecular complexity index is 155. The van der Waals surface area contributed by atoms with Gasteiger partial charge in [0.05, 0.1) is 13.0 Å². The third-order valence-electron chi connectivity index (χ3n) is 0.606. The zero-order valence-corrected chi connectivity index (χ0v) is 6.95. The number of carboxylic acid groups (broad SMARTS) is 1. The van der Waals surface area contributed by atoms with E-state index < -0.39 is 12.1 Å². The molecule has 5 nitrogen and oxygen atoms in total. The number of ether oxygens (including phenoxy) is 1. The third kappa shape index (κ3) is 23.6. The quantitative estimate of drug-likeness (QED) is 0.619. The lowest BCUT2D eigenvalue weighted by molar-refractivity contribution is -0.135. The fourth-order valence-electron chi connectivity index (χ4n) is 0.266. The van der Waals surface area contributed by atoms with E-state index in [0.29, 0.717) is 6.61 Å². The van der Waals surface area contributed by atoms with Gasteiger partial charge in [-0.1, -0.05) is 6.08 Å². The topological polar surface area (TPSA) is 89.6 Å². The molecule has 0 aliphatic heterocycles. The summed E-state index contributed by atoms with van der Waals surface area (Å²) in [4.78, 5) is 19.1. The highest BCUT2D eigenvalue weighted by Gasteiger charge is 1.84. The van der Waals surface area contributed by atoms with Crippen molar-refractivity contribution in [2.75, 3.05) is 6.61 Å². The van der Waals surface area contributed by atoms with E-state index in [9.17, 15) is 9.59 Å². The fourth-order valence-corrected chi connectivity index (χ4v) is 0.266. The highest BCUT2D eigenvalue weighted by atomic mass is 16.5. The Morgan fingerprint density at radius 3 is 2.17 bits per heavy atom. The van der Waals surface area contributed by atoms with Gasteiger partial charge in [-0.15, -0.1) is 6.58 Å². The average molecular weight is 175 g/mol. The van der Waals surface area contributed by atoms with Gasteiger partial charge in [-0.2, -0.15) is 0 Å². The van der Waals surface area contributed by atoms with Gasteiger partial charge in [0.25, 0.3) is 0 Å². The van der Waals surface area contributed by atoms with Crippen LogP contribution in [0.5, 0.6) is 0 Å². The van der Waals surface area contributed by atoms with Gasteiger partial charge in [0, 0.05) is 0 Å². The molecule has 3 N–H and O–H groups in total. The minimum atomic E-state index is -0.829. The van der Waals surface area contributed by atoms with Gasteiger partial charge < -0.3 is 15.6 Å². The molecule has 0 saturated carbocycles. The van der Waals surface area contributed by atoms with E-state index in [-0.39, 0.29) is 6.42 Å². The zero-order valence-electron chi connectivity index (χ0n) is 6.95. The minimum absolute atomic E-state index is 0.0556. The summed E-state index contributed by atoms with van der Waals surface area (Å²) in [5, 5.41) is 7.84. The predicted octanol–water partition coefficient (Wildman–Crippen LogP) is 0.749. The third-order valence-corrected chi connectivity index (χ3v) is 0.606. The van der Waals surface area contributed by atoms with Gasteiger partial charge in [0.1, 0.15) is 0 Å². The number of carboxylic acids is 1. The lowest BCUT2D eigenvalue weighted by Crippen LogP contribution is -2.11. The second-order valence-electron chi connectivity index (χ2n) is 1.64. The number of primary amides is 1. The van der Waals surface area contributed by atoms with Gasteiger partial charge in [0.2, 0.25) is 0 Å². The van der Waals surface area contributed by atoms with E-state index in [1.807, 2.05) is 0 Å². The monoisotopic (exact) mass is 175 g/mol. The Kier molecular flexibility index (Phi) is 10.3. The summed E-state index contributed by atoms with van der Waals surface area (Å²) < 4.78 is 4.18. The van der Waals surface area contributed by atoms with Crippen LogP contribution in [0.2, 0.25) is 0 Å². The number of carbonyl (C=O) groups is 2. The Labute approximate surface area is 70.8 Å².